The summed E-state index contributed by atoms with van der Waals surface area (Å²) in [5.41, 5.74) is 2.45. The fourth-order valence-corrected chi connectivity index (χ4v) is 8.56. The van der Waals surface area contributed by atoms with Crippen molar-refractivity contribution < 1.29 is 13.3 Å². The lowest BCUT2D eigenvalue weighted by molar-refractivity contribution is -0.384. The molecule has 0 amide bonds. The summed E-state index contributed by atoms with van der Waals surface area (Å²) >= 11 is 0. The predicted molar refractivity (Wildman–Crippen MR) is 122 cm³/mol. The lowest BCUT2D eigenvalue weighted by atomic mass is 9.48. The first-order chi connectivity index (χ1) is 15.2. The molecule has 4 saturated carbocycles. The van der Waals surface area contributed by atoms with Gasteiger partial charge in [0.25, 0.3) is 15.7 Å². The Morgan fingerprint density at radius 3 is 2.12 bits per heavy atom. The second-order valence-electron chi connectivity index (χ2n) is 10.3. The van der Waals surface area contributed by atoms with E-state index in [2.05, 4.69) is 0 Å². The van der Waals surface area contributed by atoms with Crippen LogP contribution in [0.15, 0.2) is 53.6 Å². The third-order valence-corrected chi connectivity index (χ3v) is 9.84. The molecule has 0 unspecified atom stereocenters. The number of rotatable bonds is 4. The molecule has 0 radical (unpaired) electrons. The molecule has 32 heavy (non-hydrogen) atoms. The molecule has 4 aliphatic carbocycles. The zero-order chi connectivity index (χ0) is 22.3. The van der Waals surface area contributed by atoms with Crippen molar-refractivity contribution in [3.63, 3.8) is 0 Å². The van der Waals surface area contributed by atoms with Crippen molar-refractivity contribution in [1.82, 2.24) is 3.97 Å². The average molecular weight is 451 g/mol. The van der Waals surface area contributed by atoms with Gasteiger partial charge in [0.1, 0.15) is 0 Å². The number of fused-ring (bicyclic) bond motifs is 1. The molecule has 1 heterocycles. The lowest BCUT2D eigenvalue weighted by Gasteiger charge is -2.57. The van der Waals surface area contributed by atoms with E-state index in [0.717, 1.165) is 35.8 Å². The van der Waals surface area contributed by atoms with E-state index >= 15 is 0 Å². The highest BCUT2D eigenvalue weighted by atomic mass is 32.2. The van der Waals surface area contributed by atoms with Gasteiger partial charge in [-0.25, -0.2) is 12.4 Å². The third kappa shape index (κ3) is 2.86. The Kier molecular flexibility index (Phi) is 4.16. The summed E-state index contributed by atoms with van der Waals surface area (Å²) in [5, 5.41) is 12.3. The number of non-ortho nitro benzene ring substituents is 1. The first kappa shape index (κ1) is 20.0. The van der Waals surface area contributed by atoms with Gasteiger partial charge >= 0.3 is 0 Å². The fourth-order valence-electron chi connectivity index (χ4n) is 7.19. The number of nitrogens with zero attached hydrogens (tertiary/aromatic N) is 2. The highest BCUT2D eigenvalue weighted by Crippen LogP contribution is 2.61. The van der Waals surface area contributed by atoms with Crippen LogP contribution >= 0.6 is 0 Å². The summed E-state index contributed by atoms with van der Waals surface area (Å²) in [7, 11) is -3.82. The van der Waals surface area contributed by atoms with Gasteiger partial charge in [0.2, 0.25) is 0 Å². The van der Waals surface area contributed by atoms with Gasteiger partial charge in [-0.15, -0.1) is 0 Å². The molecule has 0 N–H and O–H groups in total. The van der Waals surface area contributed by atoms with Crippen LogP contribution in [0.25, 0.3) is 10.9 Å². The Morgan fingerprint density at radius 2 is 1.56 bits per heavy atom. The molecule has 7 heteroatoms. The molecule has 4 fully saturated rings. The van der Waals surface area contributed by atoms with Gasteiger partial charge in [0, 0.05) is 23.7 Å². The third-order valence-electron chi connectivity index (χ3n) is 8.15. The molecule has 0 atom stereocenters. The molecule has 0 saturated heterocycles. The van der Waals surface area contributed by atoms with Crippen LogP contribution in [0.5, 0.6) is 0 Å². The molecular formula is C25H26N2O4S. The Hall–Kier alpha value is -2.67. The maximum atomic E-state index is 13.6. The Morgan fingerprint density at radius 1 is 0.969 bits per heavy atom. The van der Waals surface area contributed by atoms with Crippen molar-refractivity contribution in [3.8, 4) is 0 Å². The van der Waals surface area contributed by atoms with E-state index in [4.69, 9.17) is 0 Å². The van der Waals surface area contributed by atoms with E-state index in [1.807, 2.05) is 6.92 Å². The monoisotopic (exact) mass is 450 g/mol. The summed E-state index contributed by atoms with van der Waals surface area (Å²) in [4.78, 5) is 11.4. The molecule has 2 aromatic carbocycles. The van der Waals surface area contributed by atoms with Gasteiger partial charge in [-0.2, -0.15) is 0 Å². The fraction of sp³-hybridized carbons (Fsp3) is 0.440. The van der Waals surface area contributed by atoms with Crippen molar-refractivity contribution >= 4 is 26.6 Å². The highest BCUT2D eigenvalue weighted by molar-refractivity contribution is 7.90. The molecule has 166 valence electrons. The van der Waals surface area contributed by atoms with Crippen molar-refractivity contribution in [3.05, 3.63) is 69.9 Å². The standard InChI is InChI=1S/C25H26N2O4S/c1-16-2-5-21(6-3-16)32(30,31)26-15-23(22-11-20(27(28)29)4-7-24(22)26)25-12-17-8-18(13-25)10-19(9-17)14-25/h2-7,11,15,17-19H,8-10,12-14H2,1H3. The minimum atomic E-state index is -3.82. The maximum absolute atomic E-state index is 13.6. The van der Waals surface area contributed by atoms with Gasteiger partial charge in [-0.1, -0.05) is 17.7 Å². The van der Waals surface area contributed by atoms with E-state index in [1.165, 1.54) is 29.3 Å². The normalized spacial score (nSPS) is 29.0. The Bertz CT molecular complexity index is 1320. The summed E-state index contributed by atoms with van der Waals surface area (Å²) in [6.07, 6.45) is 8.80. The van der Waals surface area contributed by atoms with Gasteiger partial charge in [0.15, 0.2) is 0 Å². The van der Waals surface area contributed by atoms with Crippen LogP contribution in [0, 0.1) is 34.8 Å². The maximum Gasteiger partial charge on any atom is 0.270 e. The van der Waals surface area contributed by atoms with E-state index in [1.54, 1.807) is 42.6 Å². The van der Waals surface area contributed by atoms with Crippen LogP contribution in [-0.2, 0) is 15.4 Å². The van der Waals surface area contributed by atoms with E-state index in [0.29, 0.717) is 23.3 Å². The Labute approximate surface area is 187 Å². The van der Waals surface area contributed by atoms with Crippen LogP contribution in [-0.4, -0.2) is 17.3 Å². The molecular weight excluding hydrogens is 424 g/mol. The minimum absolute atomic E-state index is 0.00830. The van der Waals surface area contributed by atoms with Crippen LogP contribution in [0.4, 0.5) is 5.69 Å². The largest absolute Gasteiger partial charge is 0.270 e. The topological polar surface area (TPSA) is 82.2 Å². The van der Waals surface area contributed by atoms with Crippen molar-refractivity contribution in [2.75, 3.05) is 0 Å². The van der Waals surface area contributed by atoms with Crippen LogP contribution in [0.2, 0.25) is 0 Å². The zero-order valence-electron chi connectivity index (χ0n) is 18.0. The van der Waals surface area contributed by atoms with Gasteiger partial charge in [0.05, 0.1) is 15.3 Å². The number of benzene rings is 2. The van der Waals surface area contributed by atoms with E-state index in [9.17, 15) is 18.5 Å². The van der Waals surface area contributed by atoms with Crippen LogP contribution in [0.3, 0.4) is 0 Å². The van der Waals surface area contributed by atoms with Gasteiger partial charge < -0.3 is 0 Å². The lowest BCUT2D eigenvalue weighted by Crippen LogP contribution is -2.48. The molecule has 4 aliphatic rings. The van der Waals surface area contributed by atoms with Gasteiger partial charge in [-0.05, 0) is 92.4 Å². The molecule has 7 rings (SSSR count). The number of hydrogen-bond acceptors (Lipinski definition) is 4. The summed E-state index contributed by atoms with van der Waals surface area (Å²) in [6.45, 7) is 1.92. The predicted octanol–water partition coefficient (Wildman–Crippen LogP) is 5.56. The molecule has 1 aromatic heterocycles. The zero-order valence-corrected chi connectivity index (χ0v) is 18.8. The smallest absolute Gasteiger partial charge is 0.258 e. The Balaban J connectivity index is 1.59. The second kappa shape index (κ2) is 6.67. The number of aryl methyl sites for hydroxylation is 1. The number of aromatic nitrogens is 1. The van der Waals surface area contributed by atoms with Crippen molar-refractivity contribution in [2.45, 2.75) is 55.8 Å². The first-order valence-corrected chi connectivity index (χ1v) is 12.8. The second-order valence-corrected chi connectivity index (χ2v) is 12.1. The molecule has 0 aliphatic heterocycles. The van der Waals surface area contributed by atoms with Crippen molar-refractivity contribution in [1.29, 1.82) is 0 Å². The quantitative estimate of drug-likeness (QED) is 0.385. The van der Waals surface area contributed by atoms with E-state index < -0.39 is 14.9 Å². The summed E-state index contributed by atoms with van der Waals surface area (Å²) in [5.74, 6) is 2.06. The molecule has 4 bridgehead atoms. The average Bonchev–Trinajstić information content (AvgIpc) is 3.13. The molecule has 6 nitrogen and oxygen atoms in total. The summed E-state index contributed by atoms with van der Waals surface area (Å²) < 4.78 is 28.7. The molecule has 0 spiro atoms. The minimum Gasteiger partial charge on any atom is -0.258 e. The number of nitro benzene ring substituents is 1. The number of hydrogen-bond donors (Lipinski definition) is 0. The van der Waals surface area contributed by atoms with Crippen LogP contribution in [0.1, 0.15) is 49.7 Å². The van der Waals surface area contributed by atoms with Gasteiger partial charge in [-0.3, -0.25) is 10.1 Å². The molecule has 3 aromatic rings. The van der Waals surface area contributed by atoms with E-state index in [-0.39, 0.29) is 16.0 Å². The van der Waals surface area contributed by atoms with Crippen molar-refractivity contribution in [2.24, 2.45) is 17.8 Å². The van der Waals surface area contributed by atoms with Crippen LogP contribution < -0.4 is 0 Å². The SMILES string of the molecule is Cc1ccc(S(=O)(=O)n2cc(C34CC5CC(CC(C5)C3)C4)c3cc([N+](=O)[O-])ccc32)cc1. The summed E-state index contributed by atoms with van der Waals surface area (Å²) in [6, 6.07) is 11.5. The highest BCUT2D eigenvalue weighted by Gasteiger charge is 2.52. The first-order valence-electron chi connectivity index (χ1n) is 11.4. The number of nitro groups is 1.